The van der Waals surface area contributed by atoms with Gasteiger partial charge in [-0.2, -0.15) is 0 Å². The highest BCUT2D eigenvalue weighted by molar-refractivity contribution is 9.10. The highest BCUT2D eigenvalue weighted by atomic mass is 79.9. The number of aromatic nitrogens is 1. The van der Waals surface area contributed by atoms with Crippen LogP contribution in [0.4, 0.5) is 5.13 Å². The summed E-state index contributed by atoms with van der Waals surface area (Å²) in [5.74, 6) is -0.493. The van der Waals surface area contributed by atoms with Gasteiger partial charge in [0.15, 0.2) is 5.13 Å². The van der Waals surface area contributed by atoms with Crippen molar-refractivity contribution < 1.29 is 9.59 Å². The molecule has 1 saturated heterocycles. The van der Waals surface area contributed by atoms with Crippen molar-refractivity contribution in [2.24, 2.45) is 0 Å². The van der Waals surface area contributed by atoms with Gasteiger partial charge in [-0.1, -0.05) is 27.3 Å². The second-order valence-corrected chi connectivity index (χ2v) is 6.23. The average molecular weight is 340 g/mol. The highest BCUT2D eigenvalue weighted by Crippen LogP contribution is 2.29. The van der Waals surface area contributed by atoms with Crippen LogP contribution in [0.15, 0.2) is 22.7 Å². The second-order valence-electron chi connectivity index (χ2n) is 4.28. The number of fused-ring (bicyclic) bond motifs is 1. The van der Waals surface area contributed by atoms with Gasteiger partial charge in [-0.15, -0.1) is 0 Å². The van der Waals surface area contributed by atoms with Gasteiger partial charge in [-0.25, -0.2) is 4.98 Å². The van der Waals surface area contributed by atoms with Crippen molar-refractivity contribution in [3.05, 3.63) is 22.7 Å². The van der Waals surface area contributed by atoms with Crippen LogP contribution in [-0.2, 0) is 9.59 Å². The lowest BCUT2D eigenvalue weighted by molar-refractivity contribution is -0.133. The number of amides is 2. The Balaban J connectivity index is 1.81. The van der Waals surface area contributed by atoms with Crippen LogP contribution in [0.2, 0.25) is 0 Å². The average Bonchev–Trinajstić information content (AvgIpc) is 2.74. The van der Waals surface area contributed by atoms with Gasteiger partial charge in [-0.05, 0) is 24.6 Å². The Bertz CT molecular complexity index is 670. The molecule has 3 rings (SSSR count). The third-order valence-electron chi connectivity index (χ3n) is 2.89. The van der Waals surface area contributed by atoms with E-state index in [0.717, 1.165) is 14.7 Å². The second kappa shape index (κ2) is 4.90. The summed E-state index contributed by atoms with van der Waals surface area (Å²) in [4.78, 5) is 27.1. The minimum atomic E-state index is -0.387. The first kappa shape index (κ1) is 12.6. The first-order valence-corrected chi connectivity index (χ1v) is 7.39. The lowest BCUT2D eigenvalue weighted by Gasteiger charge is -2.21. The van der Waals surface area contributed by atoms with E-state index < -0.39 is 0 Å². The van der Waals surface area contributed by atoms with E-state index in [1.54, 1.807) is 0 Å². The minimum Gasteiger partial charge on any atom is -0.350 e. The Labute approximate surface area is 121 Å². The molecule has 0 aliphatic carbocycles. The summed E-state index contributed by atoms with van der Waals surface area (Å²) in [5, 5.41) is 6.11. The number of nitrogens with one attached hydrogen (secondary N) is 2. The van der Waals surface area contributed by atoms with Crippen molar-refractivity contribution in [3.63, 3.8) is 0 Å². The molecule has 0 spiro atoms. The zero-order valence-electron chi connectivity index (χ0n) is 9.77. The number of halogens is 1. The maximum Gasteiger partial charge on any atom is 0.249 e. The lowest BCUT2D eigenvalue weighted by Crippen LogP contribution is -2.47. The molecule has 5 nitrogen and oxygen atoms in total. The first-order chi connectivity index (χ1) is 9.11. The molecule has 98 valence electrons. The van der Waals surface area contributed by atoms with Gasteiger partial charge in [0, 0.05) is 10.9 Å². The Hall–Kier alpha value is -1.47. The zero-order chi connectivity index (χ0) is 13.4. The summed E-state index contributed by atoms with van der Waals surface area (Å²) < 4.78 is 2.04. The van der Waals surface area contributed by atoms with E-state index in [9.17, 15) is 9.59 Å². The van der Waals surface area contributed by atoms with Crippen LogP contribution >= 0.6 is 27.3 Å². The summed E-state index contributed by atoms with van der Waals surface area (Å²) in [7, 11) is 0. The SMILES string of the molecule is O=C1CCC(Nc2nc3ccc(Br)cc3s2)C(=O)N1. The number of nitrogens with zero attached hydrogens (tertiary/aromatic N) is 1. The first-order valence-electron chi connectivity index (χ1n) is 5.78. The monoisotopic (exact) mass is 339 g/mol. The van der Waals surface area contributed by atoms with Gasteiger partial charge in [0.05, 0.1) is 10.2 Å². The van der Waals surface area contributed by atoms with E-state index in [2.05, 4.69) is 31.5 Å². The van der Waals surface area contributed by atoms with Crippen LogP contribution in [0.5, 0.6) is 0 Å². The summed E-state index contributed by atoms with van der Waals surface area (Å²) in [6, 6.07) is 5.45. The van der Waals surface area contributed by atoms with E-state index in [1.165, 1.54) is 11.3 Å². The lowest BCUT2D eigenvalue weighted by atomic mass is 10.1. The fourth-order valence-corrected chi connectivity index (χ4v) is 3.41. The van der Waals surface area contributed by atoms with Crippen molar-refractivity contribution in [2.45, 2.75) is 18.9 Å². The van der Waals surface area contributed by atoms with Crippen LogP contribution in [-0.4, -0.2) is 22.8 Å². The number of hydrogen-bond donors (Lipinski definition) is 2. The van der Waals surface area contributed by atoms with E-state index in [1.807, 2.05) is 18.2 Å². The molecule has 1 fully saturated rings. The zero-order valence-corrected chi connectivity index (χ0v) is 12.2. The number of anilines is 1. The third kappa shape index (κ3) is 2.62. The molecular formula is C12H10BrN3O2S. The fourth-order valence-electron chi connectivity index (χ4n) is 1.94. The van der Waals surface area contributed by atoms with Gasteiger partial charge >= 0.3 is 0 Å². The molecule has 2 amide bonds. The summed E-state index contributed by atoms with van der Waals surface area (Å²) in [6.07, 6.45) is 0.865. The highest BCUT2D eigenvalue weighted by Gasteiger charge is 2.27. The molecule has 1 atom stereocenters. The number of carbonyl (C=O) groups is 2. The van der Waals surface area contributed by atoms with Crippen molar-refractivity contribution in [3.8, 4) is 0 Å². The van der Waals surface area contributed by atoms with Crippen molar-refractivity contribution in [2.75, 3.05) is 5.32 Å². The molecule has 0 saturated carbocycles. The van der Waals surface area contributed by atoms with Gasteiger partial charge in [-0.3, -0.25) is 14.9 Å². The smallest absolute Gasteiger partial charge is 0.249 e. The van der Waals surface area contributed by atoms with Gasteiger partial charge in [0.1, 0.15) is 6.04 Å². The molecule has 1 aromatic carbocycles. The minimum absolute atomic E-state index is 0.212. The number of thiazole rings is 1. The van der Waals surface area contributed by atoms with Gasteiger partial charge in [0.2, 0.25) is 11.8 Å². The van der Waals surface area contributed by atoms with Crippen LogP contribution in [0.1, 0.15) is 12.8 Å². The van der Waals surface area contributed by atoms with Crippen LogP contribution in [0.25, 0.3) is 10.2 Å². The molecule has 7 heteroatoms. The Morgan fingerprint density at radius 3 is 3.05 bits per heavy atom. The van der Waals surface area contributed by atoms with E-state index in [0.29, 0.717) is 18.0 Å². The van der Waals surface area contributed by atoms with Crippen molar-refractivity contribution in [1.29, 1.82) is 0 Å². The summed E-state index contributed by atoms with van der Waals surface area (Å²) in [6.45, 7) is 0. The summed E-state index contributed by atoms with van der Waals surface area (Å²) in [5.41, 5.74) is 0.892. The molecule has 1 aliphatic heterocycles. The number of carbonyl (C=O) groups excluding carboxylic acids is 2. The van der Waals surface area contributed by atoms with Gasteiger partial charge in [0.25, 0.3) is 0 Å². The Morgan fingerprint density at radius 2 is 2.26 bits per heavy atom. The molecule has 1 unspecified atom stereocenters. The Morgan fingerprint density at radius 1 is 1.42 bits per heavy atom. The molecule has 0 radical (unpaired) electrons. The molecule has 2 heterocycles. The maximum atomic E-state index is 11.7. The number of benzene rings is 1. The predicted octanol–water partition coefficient (Wildman–Crippen LogP) is 2.28. The molecule has 1 aromatic heterocycles. The largest absolute Gasteiger partial charge is 0.350 e. The van der Waals surface area contributed by atoms with Crippen LogP contribution < -0.4 is 10.6 Å². The molecule has 19 heavy (non-hydrogen) atoms. The fraction of sp³-hybridized carbons (Fsp3) is 0.250. The number of piperidine rings is 1. The quantitative estimate of drug-likeness (QED) is 0.823. The number of hydrogen-bond acceptors (Lipinski definition) is 5. The predicted molar refractivity (Wildman–Crippen MR) is 77.1 cm³/mol. The van der Waals surface area contributed by atoms with E-state index >= 15 is 0 Å². The number of imide groups is 1. The molecular weight excluding hydrogens is 330 g/mol. The van der Waals surface area contributed by atoms with Crippen LogP contribution in [0, 0.1) is 0 Å². The molecule has 2 N–H and O–H groups in total. The van der Waals surface area contributed by atoms with Gasteiger partial charge < -0.3 is 5.32 Å². The van der Waals surface area contributed by atoms with E-state index in [4.69, 9.17) is 0 Å². The van der Waals surface area contributed by atoms with Crippen molar-refractivity contribution in [1.82, 2.24) is 10.3 Å². The maximum absolute atomic E-state index is 11.7. The van der Waals surface area contributed by atoms with Crippen LogP contribution in [0.3, 0.4) is 0 Å². The molecule has 2 aromatic rings. The third-order valence-corrected chi connectivity index (χ3v) is 4.33. The molecule has 1 aliphatic rings. The van der Waals surface area contributed by atoms with E-state index in [-0.39, 0.29) is 17.9 Å². The standard InChI is InChI=1S/C12H10BrN3O2S/c13-6-1-2-7-9(5-6)19-12(14-7)15-8-3-4-10(17)16-11(8)18/h1-2,5,8H,3-4H2,(H,14,15)(H,16,17,18). The van der Waals surface area contributed by atoms with Crippen molar-refractivity contribution >= 4 is 54.4 Å². The number of rotatable bonds is 2. The molecule has 0 bridgehead atoms. The summed E-state index contributed by atoms with van der Waals surface area (Å²) >= 11 is 4.90. The Kier molecular flexibility index (Phi) is 3.24. The normalized spacial score (nSPS) is 19.5. The topological polar surface area (TPSA) is 71.1 Å².